The number of hydrogen-bond acceptors (Lipinski definition) is 3. The topological polar surface area (TPSA) is 49.9 Å². The van der Waals surface area contributed by atoms with Gasteiger partial charge in [0.1, 0.15) is 0 Å². The smallest absolute Gasteiger partial charge is 0.385 e. The van der Waals surface area contributed by atoms with Crippen LogP contribution in [0.4, 0.5) is 0 Å². The molecular weight excluding hydrogens is 347 g/mol. The summed E-state index contributed by atoms with van der Waals surface area (Å²) in [4.78, 5) is 12.6. The SMILES string of the molecule is O=C(OP(=O)(N1CCCCC1)N1CCCCC1)c1cccc(Cl)c1. The van der Waals surface area contributed by atoms with Gasteiger partial charge in [0.25, 0.3) is 0 Å². The molecule has 7 heteroatoms. The summed E-state index contributed by atoms with van der Waals surface area (Å²) in [5, 5.41) is 0.468. The average Bonchev–Trinajstić information content (AvgIpc) is 2.63. The molecule has 1 aromatic rings. The number of nitrogens with zero attached hydrogens (tertiary/aromatic N) is 2. The monoisotopic (exact) mass is 370 g/mol. The van der Waals surface area contributed by atoms with Crippen LogP contribution >= 0.6 is 19.3 Å². The molecule has 0 N–H and O–H groups in total. The molecule has 1 aromatic carbocycles. The summed E-state index contributed by atoms with van der Waals surface area (Å²) >= 11 is 5.96. The van der Waals surface area contributed by atoms with Gasteiger partial charge in [0.2, 0.25) is 0 Å². The molecule has 3 rings (SSSR count). The van der Waals surface area contributed by atoms with Gasteiger partial charge in [-0.05, 0) is 43.9 Å². The van der Waals surface area contributed by atoms with Gasteiger partial charge < -0.3 is 4.52 Å². The van der Waals surface area contributed by atoms with Crippen molar-refractivity contribution in [1.82, 2.24) is 9.34 Å². The van der Waals surface area contributed by atoms with E-state index in [2.05, 4.69) is 0 Å². The van der Waals surface area contributed by atoms with Gasteiger partial charge in [-0.25, -0.2) is 18.7 Å². The summed E-state index contributed by atoms with van der Waals surface area (Å²) in [6.45, 7) is 2.88. The number of carbonyl (C=O) groups excluding carboxylic acids is 1. The van der Waals surface area contributed by atoms with E-state index >= 15 is 0 Å². The second-order valence-corrected chi connectivity index (χ2v) is 9.14. The Labute approximate surface area is 148 Å². The largest absolute Gasteiger partial charge is 0.398 e. The molecule has 0 atom stereocenters. The summed E-state index contributed by atoms with van der Waals surface area (Å²) in [6, 6.07) is 6.60. The summed E-state index contributed by atoms with van der Waals surface area (Å²) in [5.74, 6) is -0.558. The normalized spacial score (nSPS) is 20.7. The highest BCUT2D eigenvalue weighted by atomic mass is 35.5. The first kappa shape index (κ1) is 17.9. The molecule has 2 aliphatic rings. The standard InChI is InChI=1S/C17H24ClN2O3P/c18-16-9-7-8-15(14-16)17(21)23-24(22,19-10-3-1-4-11-19)20-12-5-2-6-13-20/h7-9,14H,1-6,10-13H2. The Kier molecular flexibility index (Phi) is 5.98. The molecule has 0 amide bonds. The fraction of sp³-hybridized carbons (Fsp3) is 0.588. The second-order valence-electron chi connectivity index (χ2n) is 6.41. The van der Waals surface area contributed by atoms with Crippen LogP contribution in [-0.4, -0.2) is 41.5 Å². The average molecular weight is 371 g/mol. The Bertz CT molecular complexity index is 606. The molecule has 0 spiro atoms. The highest BCUT2D eigenvalue weighted by Crippen LogP contribution is 2.56. The maximum absolute atomic E-state index is 13.8. The minimum absolute atomic E-state index is 0.344. The number of hydrogen-bond donors (Lipinski definition) is 0. The van der Waals surface area contributed by atoms with Crippen molar-refractivity contribution < 1.29 is 13.9 Å². The molecule has 2 saturated heterocycles. The number of rotatable bonds is 4. The Morgan fingerprint density at radius 1 is 0.958 bits per heavy atom. The van der Waals surface area contributed by atoms with E-state index in [4.69, 9.17) is 16.1 Å². The molecule has 0 aromatic heterocycles. The summed E-state index contributed by atoms with van der Waals surface area (Å²) in [7, 11) is -3.33. The molecule has 132 valence electrons. The van der Waals surface area contributed by atoms with Crippen LogP contribution in [0.25, 0.3) is 0 Å². The highest BCUT2D eigenvalue weighted by Gasteiger charge is 2.42. The maximum Gasteiger partial charge on any atom is 0.398 e. The number of halogens is 1. The molecule has 0 bridgehead atoms. The third-order valence-electron chi connectivity index (χ3n) is 4.64. The van der Waals surface area contributed by atoms with Gasteiger partial charge in [0.15, 0.2) is 0 Å². The maximum atomic E-state index is 13.8. The van der Waals surface area contributed by atoms with Crippen LogP contribution < -0.4 is 0 Å². The zero-order valence-electron chi connectivity index (χ0n) is 13.8. The van der Waals surface area contributed by atoms with E-state index in [-0.39, 0.29) is 0 Å². The van der Waals surface area contributed by atoms with E-state index in [9.17, 15) is 9.36 Å². The third kappa shape index (κ3) is 4.02. The van der Waals surface area contributed by atoms with Gasteiger partial charge in [-0.1, -0.05) is 30.5 Å². The first-order chi connectivity index (χ1) is 11.6. The zero-order chi connectivity index (χ0) is 17.0. The van der Waals surface area contributed by atoms with E-state index in [1.165, 1.54) is 0 Å². The second kappa shape index (κ2) is 8.01. The Morgan fingerprint density at radius 3 is 2.00 bits per heavy atom. The van der Waals surface area contributed by atoms with E-state index < -0.39 is 13.6 Å². The van der Waals surface area contributed by atoms with Crippen LogP contribution in [0.3, 0.4) is 0 Å². The Balaban J connectivity index is 1.83. The van der Waals surface area contributed by atoms with Crippen molar-refractivity contribution in [1.29, 1.82) is 0 Å². The molecule has 24 heavy (non-hydrogen) atoms. The van der Waals surface area contributed by atoms with Gasteiger partial charge >= 0.3 is 13.6 Å². The highest BCUT2D eigenvalue weighted by molar-refractivity contribution is 7.54. The van der Waals surface area contributed by atoms with Crippen molar-refractivity contribution in [3.8, 4) is 0 Å². The molecule has 0 aliphatic carbocycles. The summed E-state index contributed by atoms with van der Waals surface area (Å²) in [6.07, 6.45) is 6.25. The summed E-state index contributed by atoms with van der Waals surface area (Å²) < 4.78 is 23.2. The zero-order valence-corrected chi connectivity index (χ0v) is 15.5. The van der Waals surface area contributed by atoms with Crippen molar-refractivity contribution in [2.45, 2.75) is 38.5 Å². The van der Waals surface area contributed by atoms with E-state index in [0.717, 1.165) is 64.7 Å². The van der Waals surface area contributed by atoms with Gasteiger partial charge in [-0.3, -0.25) is 0 Å². The number of carbonyl (C=O) groups is 1. The van der Waals surface area contributed by atoms with Crippen LogP contribution in [0.5, 0.6) is 0 Å². The number of piperidine rings is 2. The molecule has 0 saturated carbocycles. The lowest BCUT2D eigenvalue weighted by atomic mass is 10.2. The lowest BCUT2D eigenvalue weighted by molar-refractivity contribution is 0.0684. The van der Waals surface area contributed by atoms with Crippen molar-refractivity contribution in [2.75, 3.05) is 26.2 Å². The van der Waals surface area contributed by atoms with Gasteiger partial charge in [-0.15, -0.1) is 0 Å². The fourth-order valence-electron chi connectivity index (χ4n) is 3.33. The van der Waals surface area contributed by atoms with Gasteiger partial charge in [0.05, 0.1) is 5.56 Å². The molecule has 0 radical (unpaired) electrons. The predicted octanol–water partition coefficient (Wildman–Crippen LogP) is 4.58. The molecular formula is C17H24ClN2O3P. The first-order valence-electron chi connectivity index (χ1n) is 8.70. The molecule has 2 heterocycles. The quantitative estimate of drug-likeness (QED) is 0.726. The van der Waals surface area contributed by atoms with E-state index in [1.807, 2.05) is 9.34 Å². The van der Waals surface area contributed by atoms with Crippen LogP contribution in [0.15, 0.2) is 24.3 Å². The van der Waals surface area contributed by atoms with Crippen LogP contribution in [0, 0.1) is 0 Å². The van der Waals surface area contributed by atoms with Crippen molar-refractivity contribution >= 4 is 25.2 Å². The van der Waals surface area contributed by atoms with Crippen LogP contribution in [-0.2, 0) is 9.09 Å². The lowest BCUT2D eigenvalue weighted by Gasteiger charge is -2.40. The van der Waals surface area contributed by atoms with Crippen LogP contribution in [0.2, 0.25) is 5.02 Å². The predicted molar refractivity (Wildman–Crippen MR) is 95.3 cm³/mol. The van der Waals surface area contributed by atoms with E-state index in [0.29, 0.717) is 10.6 Å². The Hall–Kier alpha value is -0.870. The third-order valence-corrected chi connectivity index (χ3v) is 7.51. The molecule has 5 nitrogen and oxygen atoms in total. The Morgan fingerprint density at radius 2 is 1.50 bits per heavy atom. The lowest BCUT2D eigenvalue weighted by Crippen LogP contribution is -2.39. The molecule has 2 aliphatic heterocycles. The summed E-state index contributed by atoms with van der Waals surface area (Å²) in [5.41, 5.74) is 0.344. The fourth-order valence-corrected chi connectivity index (χ4v) is 6.01. The van der Waals surface area contributed by atoms with Crippen molar-refractivity contribution in [3.63, 3.8) is 0 Å². The minimum atomic E-state index is -3.33. The minimum Gasteiger partial charge on any atom is -0.385 e. The molecule has 0 unspecified atom stereocenters. The first-order valence-corrected chi connectivity index (χ1v) is 10.6. The number of benzene rings is 1. The van der Waals surface area contributed by atoms with Crippen molar-refractivity contribution in [3.05, 3.63) is 34.9 Å². The molecule has 2 fully saturated rings. The van der Waals surface area contributed by atoms with E-state index in [1.54, 1.807) is 24.3 Å². The van der Waals surface area contributed by atoms with Gasteiger partial charge in [0, 0.05) is 31.2 Å². The van der Waals surface area contributed by atoms with Crippen molar-refractivity contribution in [2.24, 2.45) is 0 Å². The van der Waals surface area contributed by atoms with Crippen LogP contribution in [0.1, 0.15) is 48.9 Å². The van der Waals surface area contributed by atoms with Gasteiger partial charge in [-0.2, -0.15) is 0 Å².